The number of ether oxygens (including phenoxy) is 1. The van der Waals surface area contributed by atoms with Crippen molar-refractivity contribution in [3.63, 3.8) is 0 Å². The maximum atomic E-state index is 13.0. The molecule has 1 N–H and O–H groups in total. The number of urea groups is 1. The third-order valence-corrected chi connectivity index (χ3v) is 5.41. The molecule has 0 saturated carbocycles. The minimum atomic E-state index is -0.844. The summed E-state index contributed by atoms with van der Waals surface area (Å²) >= 11 is 15.7. The molecule has 150 valence electrons. The Balaban J connectivity index is 2.02. The molecule has 0 spiro atoms. The van der Waals surface area contributed by atoms with E-state index in [0.717, 1.165) is 10.5 Å². The number of anilines is 1. The minimum absolute atomic E-state index is 0.214. The largest absolute Gasteiger partial charge is 0.491 e. The van der Waals surface area contributed by atoms with Gasteiger partial charge in [0, 0.05) is 5.02 Å². The fraction of sp³-hybridized carbons (Fsp3) is 0.150. The molecule has 29 heavy (non-hydrogen) atoms. The summed E-state index contributed by atoms with van der Waals surface area (Å²) in [6.45, 7) is 4.05. The summed E-state index contributed by atoms with van der Waals surface area (Å²) in [5.41, 5.74) is 1.32. The molecule has 0 unspecified atom stereocenters. The Morgan fingerprint density at radius 1 is 1.14 bits per heavy atom. The van der Waals surface area contributed by atoms with E-state index in [4.69, 9.17) is 27.9 Å². The van der Waals surface area contributed by atoms with Crippen molar-refractivity contribution in [2.45, 2.75) is 13.8 Å². The number of barbiturate groups is 1. The normalized spacial score (nSPS) is 15.7. The summed E-state index contributed by atoms with van der Waals surface area (Å²) in [6.07, 6.45) is 1.36. The molecule has 6 nitrogen and oxygen atoms in total. The van der Waals surface area contributed by atoms with Crippen molar-refractivity contribution >= 4 is 68.7 Å². The van der Waals surface area contributed by atoms with Crippen LogP contribution in [0.15, 0.2) is 40.4 Å². The van der Waals surface area contributed by atoms with E-state index in [-0.39, 0.29) is 11.3 Å². The third-order valence-electron chi connectivity index (χ3n) is 4.14. The molecule has 3 rings (SSSR count). The van der Waals surface area contributed by atoms with E-state index in [1.807, 2.05) is 6.92 Å². The van der Waals surface area contributed by atoms with Crippen molar-refractivity contribution in [3.8, 4) is 5.75 Å². The second-order valence-electron chi connectivity index (χ2n) is 6.14. The monoisotopic (exact) mass is 496 g/mol. The van der Waals surface area contributed by atoms with Crippen molar-refractivity contribution in [3.05, 3.63) is 61.5 Å². The Morgan fingerprint density at radius 3 is 2.48 bits per heavy atom. The molecule has 1 saturated heterocycles. The van der Waals surface area contributed by atoms with Gasteiger partial charge in [-0.15, -0.1) is 0 Å². The highest BCUT2D eigenvalue weighted by molar-refractivity contribution is 9.10. The molecule has 1 fully saturated rings. The second-order valence-corrected chi connectivity index (χ2v) is 7.81. The molecule has 0 aliphatic carbocycles. The number of aryl methyl sites for hydroxylation is 1. The van der Waals surface area contributed by atoms with Crippen molar-refractivity contribution in [1.29, 1.82) is 0 Å². The standard InChI is InChI=1S/C20H15BrCl2N2O4/c1-3-29-17-14(21)7-11(8-16(17)23)6-13-18(26)24-20(28)25(19(13)27)12-5-4-10(2)15(22)9-12/h4-9H,3H2,1-2H3,(H,24,26,28)/b13-6-. The predicted molar refractivity (Wildman–Crippen MR) is 116 cm³/mol. The highest BCUT2D eigenvalue weighted by Gasteiger charge is 2.37. The number of nitrogens with zero attached hydrogens (tertiary/aromatic N) is 1. The van der Waals surface area contributed by atoms with Gasteiger partial charge in [-0.25, -0.2) is 9.69 Å². The van der Waals surface area contributed by atoms with E-state index in [1.165, 1.54) is 12.1 Å². The lowest BCUT2D eigenvalue weighted by atomic mass is 10.1. The van der Waals surface area contributed by atoms with Crippen LogP contribution in [0.3, 0.4) is 0 Å². The topological polar surface area (TPSA) is 75.7 Å². The SMILES string of the molecule is CCOc1c(Cl)cc(/C=C2/C(=O)NC(=O)N(c3ccc(C)c(Cl)c3)C2=O)cc1Br. The zero-order valence-electron chi connectivity index (χ0n) is 15.4. The first-order chi connectivity index (χ1) is 13.7. The van der Waals surface area contributed by atoms with Crippen LogP contribution >= 0.6 is 39.1 Å². The summed E-state index contributed by atoms with van der Waals surface area (Å²) in [4.78, 5) is 38.4. The molecule has 0 aromatic heterocycles. The van der Waals surface area contributed by atoms with Crippen molar-refractivity contribution in [2.24, 2.45) is 0 Å². The van der Waals surface area contributed by atoms with Crippen LogP contribution in [0.4, 0.5) is 10.5 Å². The lowest BCUT2D eigenvalue weighted by molar-refractivity contribution is -0.122. The van der Waals surface area contributed by atoms with E-state index in [0.29, 0.717) is 32.4 Å². The molecule has 9 heteroatoms. The van der Waals surface area contributed by atoms with E-state index in [9.17, 15) is 14.4 Å². The van der Waals surface area contributed by atoms with Gasteiger partial charge in [-0.05, 0) is 71.2 Å². The zero-order chi connectivity index (χ0) is 21.3. The van der Waals surface area contributed by atoms with Crippen LogP contribution in [-0.2, 0) is 9.59 Å². The second kappa shape index (κ2) is 8.57. The van der Waals surface area contributed by atoms with Crippen LogP contribution in [0.2, 0.25) is 10.0 Å². The molecule has 2 aromatic rings. The quantitative estimate of drug-likeness (QED) is 0.469. The Bertz CT molecular complexity index is 1050. The summed E-state index contributed by atoms with van der Waals surface area (Å²) in [7, 11) is 0. The zero-order valence-corrected chi connectivity index (χ0v) is 18.5. The minimum Gasteiger partial charge on any atom is -0.491 e. The van der Waals surface area contributed by atoms with Gasteiger partial charge in [-0.2, -0.15) is 0 Å². The van der Waals surface area contributed by atoms with Crippen molar-refractivity contribution in [1.82, 2.24) is 5.32 Å². The maximum absolute atomic E-state index is 13.0. The number of imide groups is 2. The summed E-state index contributed by atoms with van der Waals surface area (Å²) in [6, 6.07) is 7.13. The van der Waals surface area contributed by atoms with Gasteiger partial charge in [0.2, 0.25) is 0 Å². The van der Waals surface area contributed by atoms with E-state index in [1.54, 1.807) is 31.2 Å². The first kappa shape index (κ1) is 21.4. The van der Waals surface area contributed by atoms with E-state index < -0.39 is 17.8 Å². The molecular formula is C20H15BrCl2N2O4. The molecule has 1 aliphatic rings. The van der Waals surface area contributed by atoms with Crippen LogP contribution in [0.1, 0.15) is 18.1 Å². The lowest BCUT2D eigenvalue weighted by Gasteiger charge is -2.26. The fourth-order valence-corrected chi connectivity index (χ4v) is 3.89. The van der Waals surface area contributed by atoms with E-state index >= 15 is 0 Å². The number of hydrogen-bond donors (Lipinski definition) is 1. The molecule has 4 amide bonds. The Morgan fingerprint density at radius 2 is 1.86 bits per heavy atom. The van der Waals surface area contributed by atoms with Crippen LogP contribution in [0.5, 0.6) is 5.75 Å². The molecule has 0 atom stereocenters. The number of halogens is 3. The highest BCUT2D eigenvalue weighted by atomic mass is 79.9. The highest BCUT2D eigenvalue weighted by Crippen LogP contribution is 2.35. The van der Waals surface area contributed by atoms with Gasteiger partial charge in [-0.1, -0.05) is 29.3 Å². The van der Waals surface area contributed by atoms with Crippen molar-refractivity contribution < 1.29 is 19.1 Å². The summed E-state index contributed by atoms with van der Waals surface area (Å²) in [5, 5.41) is 2.88. The number of hydrogen-bond acceptors (Lipinski definition) is 4. The number of carbonyl (C=O) groups is 3. The first-order valence-corrected chi connectivity index (χ1v) is 10.1. The average molecular weight is 498 g/mol. The van der Waals surface area contributed by atoms with E-state index in [2.05, 4.69) is 21.2 Å². The third kappa shape index (κ3) is 4.32. The average Bonchev–Trinajstić information content (AvgIpc) is 2.64. The number of nitrogens with one attached hydrogen (secondary N) is 1. The predicted octanol–water partition coefficient (Wildman–Crippen LogP) is 5.13. The lowest BCUT2D eigenvalue weighted by Crippen LogP contribution is -2.54. The van der Waals surface area contributed by atoms with Gasteiger partial charge in [0.15, 0.2) is 5.75 Å². The van der Waals surface area contributed by atoms with Crippen LogP contribution in [0.25, 0.3) is 6.08 Å². The van der Waals surface area contributed by atoms with Gasteiger partial charge >= 0.3 is 6.03 Å². The number of amides is 4. The molecule has 0 radical (unpaired) electrons. The molecular weight excluding hydrogens is 483 g/mol. The van der Waals surface area contributed by atoms with Gasteiger partial charge in [0.05, 0.1) is 21.8 Å². The Kier molecular flexibility index (Phi) is 6.31. The van der Waals surface area contributed by atoms with Crippen LogP contribution in [-0.4, -0.2) is 24.5 Å². The Labute approximate surface area is 185 Å². The van der Waals surface area contributed by atoms with Crippen LogP contribution < -0.4 is 15.0 Å². The molecule has 1 aliphatic heterocycles. The Hall–Kier alpha value is -2.35. The van der Waals surface area contributed by atoms with Gasteiger partial charge in [0.1, 0.15) is 5.57 Å². The number of carbonyl (C=O) groups excluding carboxylic acids is 3. The maximum Gasteiger partial charge on any atom is 0.335 e. The van der Waals surface area contributed by atoms with Gasteiger partial charge in [0.25, 0.3) is 11.8 Å². The number of rotatable bonds is 4. The van der Waals surface area contributed by atoms with Gasteiger partial charge in [-0.3, -0.25) is 14.9 Å². The molecule has 1 heterocycles. The number of benzene rings is 2. The van der Waals surface area contributed by atoms with Crippen molar-refractivity contribution in [2.75, 3.05) is 11.5 Å². The fourth-order valence-electron chi connectivity index (χ4n) is 2.72. The van der Waals surface area contributed by atoms with Crippen LogP contribution in [0, 0.1) is 6.92 Å². The molecule has 0 bridgehead atoms. The molecule has 2 aromatic carbocycles. The summed E-state index contributed by atoms with van der Waals surface area (Å²) in [5.74, 6) is -1.10. The van der Waals surface area contributed by atoms with Gasteiger partial charge < -0.3 is 4.74 Å². The first-order valence-electron chi connectivity index (χ1n) is 8.52. The summed E-state index contributed by atoms with van der Waals surface area (Å²) < 4.78 is 6.02. The smallest absolute Gasteiger partial charge is 0.335 e.